The molecule has 1 aliphatic heterocycles. The van der Waals surface area contributed by atoms with E-state index in [0.717, 1.165) is 53.2 Å². The van der Waals surface area contributed by atoms with Crippen molar-refractivity contribution in [3.05, 3.63) is 35.6 Å². The van der Waals surface area contributed by atoms with Gasteiger partial charge in [0.1, 0.15) is 22.2 Å². The number of carbonyl (C=O) groups excluding carboxylic acids is 1. The largest absolute Gasteiger partial charge is 0.352 e. The molecule has 162 valence electrons. The number of fused-ring (bicyclic) bond motifs is 1. The van der Waals surface area contributed by atoms with Crippen molar-refractivity contribution in [3.63, 3.8) is 0 Å². The topological polar surface area (TPSA) is 74.2 Å². The van der Waals surface area contributed by atoms with E-state index in [1.165, 1.54) is 30.8 Å². The SMILES string of the molecule is O=C(NC1CCCCC1)N1CCN(c2ncnc3c(-c4ccc(Cl)cc4)nsc23)CC1. The molecule has 0 bridgehead atoms. The van der Waals surface area contributed by atoms with Gasteiger partial charge in [-0.2, -0.15) is 4.37 Å². The van der Waals surface area contributed by atoms with Crippen LogP contribution in [-0.2, 0) is 0 Å². The Bertz CT molecular complexity index is 1060. The molecule has 1 N–H and O–H groups in total. The summed E-state index contributed by atoms with van der Waals surface area (Å²) >= 11 is 7.45. The number of rotatable bonds is 3. The van der Waals surface area contributed by atoms with Crippen molar-refractivity contribution < 1.29 is 4.79 Å². The van der Waals surface area contributed by atoms with E-state index in [-0.39, 0.29) is 6.03 Å². The second-order valence-electron chi connectivity index (χ2n) is 8.17. The number of carbonyl (C=O) groups is 1. The van der Waals surface area contributed by atoms with E-state index in [9.17, 15) is 4.79 Å². The van der Waals surface area contributed by atoms with E-state index in [1.807, 2.05) is 29.2 Å². The zero-order chi connectivity index (χ0) is 21.2. The van der Waals surface area contributed by atoms with Crippen LogP contribution in [0.1, 0.15) is 32.1 Å². The van der Waals surface area contributed by atoms with Crippen molar-refractivity contribution in [2.24, 2.45) is 0 Å². The summed E-state index contributed by atoms with van der Waals surface area (Å²) in [6, 6.07) is 8.06. The average Bonchev–Trinajstić information content (AvgIpc) is 3.25. The van der Waals surface area contributed by atoms with Gasteiger partial charge in [-0.05, 0) is 36.5 Å². The van der Waals surface area contributed by atoms with Gasteiger partial charge >= 0.3 is 6.03 Å². The predicted octanol–water partition coefficient (Wildman–Crippen LogP) is 4.57. The Hall–Kier alpha value is -2.45. The summed E-state index contributed by atoms with van der Waals surface area (Å²) in [4.78, 5) is 25.9. The van der Waals surface area contributed by atoms with Crippen LogP contribution in [0.2, 0.25) is 5.02 Å². The predicted molar refractivity (Wildman–Crippen MR) is 125 cm³/mol. The lowest BCUT2D eigenvalue weighted by atomic mass is 9.96. The van der Waals surface area contributed by atoms with E-state index in [4.69, 9.17) is 11.6 Å². The minimum Gasteiger partial charge on any atom is -0.352 e. The summed E-state index contributed by atoms with van der Waals surface area (Å²) in [5.41, 5.74) is 2.70. The maximum Gasteiger partial charge on any atom is 0.317 e. The van der Waals surface area contributed by atoms with Gasteiger partial charge in [-0.3, -0.25) is 0 Å². The second-order valence-corrected chi connectivity index (χ2v) is 9.38. The van der Waals surface area contributed by atoms with Crippen LogP contribution in [0.3, 0.4) is 0 Å². The van der Waals surface area contributed by atoms with E-state index in [2.05, 4.69) is 24.6 Å². The fourth-order valence-corrected chi connectivity index (χ4v) is 5.41. The van der Waals surface area contributed by atoms with Crippen molar-refractivity contribution in [3.8, 4) is 11.3 Å². The molecule has 2 aromatic heterocycles. The van der Waals surface area contributed by atoms with Crippen molar-refractivity contribution in [1.82, 2.24) is 24.6 Å². The quantitative estimate of drug-likeness (QED) is 0.624. The number of halogens is 1. The number of amides is 2. The number of anilines is 1. The molecular weight excluding hydrogens is 432 g/mol. The molecule has 0 atom stereocenters. The summed E-state index contributed by atoms with van der Waals surface area (Å²) in [5.74, 6) is 0.898. The highest BCUT2D eigenvalue weighted by Gasteiger charge is 2.26. The molecule has 1 aromatic carbocycles. The van der Waals surface area contributed by atoms with Crippen molar-refractivity contribution in [2.45, 2.75) is 38.1 Å². The molecule has 1 aliphatic carbocycles. The first kappa shape index (κ1) is 20.5. The third-order valence-electron chi connectivity index (χ3n) is 6.15. The average molecular weight is 457 g/mol. The molecule has 0 unspecified atom stereocenters. The third-order valence-corrected chi connectivity index (χ3v) is 7.24. The van der Waals surface area contributed by atoms with Crippen LogP contribution in [0.25, 0.3) is 21.5 Å². The molecule has 1 saturated heterocycles. The van der Waals surface area contributed by atoms with Crippen LogP contribution in [0.5, 0.6) is 0 Å². The Morgan fingerprint density at radius 1 is 1.03 bits per heavy atom. The highest BCUT2D eigenvalue weighted by Crippen LogP contribution is 2.34. The van der Waals surface area contributed by atoms with Gasteiger partial charge in [0.25, 0.3) is 0 Å². The summed E-state index contributed by atoms with van der Waals surface area (Å²) < 4.78 is 5.63. The molecule has 7 nitrogen and oxygen atoms in total. The van der Waals surface area contributed by atoms with Crippen LogP contribution in [0.4, 0.5) is 10.6 Å². The van der Waals surface area contributed by atoms with E-state index in [1.54, 1.807) is 6.33 Å². The minimum atomic E-state index is 0.0715. The van der Waals surface area contributed by atoms with Crippen LogP contribution in [0, 0.1) is 0 Å². The number of hydrogen-bond acceptors (Lipinski definition) is 6. The molecule has 9 heteroatoms. The van der Waals surface area contributed by atoms with Gasteiger partial charge < -0.3 is 15.1 Å². The Morgan fingerprint density at radius 3 is 2.52 bits per heavy atom. The molecule has 31 heavy (non-hydrogen) atoms. The lowest BCUT2D eigenvalue weighted by molar-refractivity contribution is 0.186. The molecule has 2 fully saturated rings. The standard InChI is InChI=1S/C22H25ClN6OS/c23-16-8-6-15(7-9-16)18-19-20(31-27-18)21(25-14-24-19)28-10-12-29(13-11-28)22(30)26-17-4-2-1-3-5-17/h6-9,14,17H,1-5,10-13H2,(H,26,30). The molecule has 3 aromatic rings. The highest BCUT2D eigenvalue weighted by molar-refractivity contribution is 7.14. The fraction of sp³-hybridized carbons (Fsp3) is 0.455. The zero-order valence-electron chi connectivity index (χ0n) is 17.3. The van der Waals surface area contributed by atoms with E-state index < -0.39 is 0 Å². The van der Waals surface area contributed by atoms with Crippen molar-refractivity contribution >= 4 is 45.2 Å². The van der Waals surface area contributed by atoms with Gasteiger partial charge in [0.05, 0.1) is 0 Å². The smallest absolute Gasteiger partial charge is 0.317 e. The van der Waals surface area contributed by atoms with Gasteiger partial charge in [0.15, 0.2) is 5.82 Å². The fourth-order valence-electron chi connectivity index (χ4n) is 4.41. The van der Waals surface area contributed by atoms with Crippen LogP contribution < -0.4 is 10.2 Å². The number of hydrogen-bond donors (Lipinski definition) is 1. The molecule has 2 aliphatic rings. The lowest BCUT2D eigenvalue weighted by Gasteiger charge is -2.36. The molecule has 2 amide bonds. The van der Waals surface area contributed by atoms with Gasteiger partial charge in [0.2, 0.25) is 0 Å². The highest BCUT2D eigenvalue weighted by atomic mass is 35.5. The molecule has 1 saturated carbocycles. The van der Waals surface area contributed by atoms with Gasteiger partial charge in [-0.25, -0.2) is 14.8 Å². The first-order valence-corrected chi connectivity index (χ1v) is 12.0. The maximum absolute atomic E-state index is 12.7. The summed E-state index contributed by atoms with van der Waals surface area (Å²) in [5, 5.41) is 3.92. The number of nitrogens with zero attached hydrogens (tertiary/aromatic N) is 5. The Kier molecular flexibility index (Phi) is 5.91. The Labute approximate surface area is 190 Å². The molecule has 0 spiro atoms. The lowest BCUT2D eigenvalue weighted by Crippen LogP contribution is -2.53. The minimum absolute atomic E-state index is 0.0715. The number of urea groups is 1. The number of piperazine rings is 1. The summed E-state index contributed by atoms with van der Waals surface area (Å²) in [7, 11) is 0. The van der Waals surface area contributed by atoms with Crippen LogP contribution in [0.15, 0.2) is 30.6 Å². The number of nitrogens with one attached hydrogen (secondary N) is 1. The molecule has 5 rings (SSSR count). The zero-order valence-corrected chi connectivity index (χ0v) is 18.8. The number of aromatic nitrogens is 3. The maximum atomic E-state index is 12.7. The first-order chi connectivity index (χ1) is 15.2. The first-order valence-electron chi connectivity index (χ1n) is 10.9. The Balaban J connectivity index is 1.28. The van der Waals surface area contributed by atoms with Gasteiger partial charge in [0, 0.05) is 42.8 Å². The molecule has 0 radical (unpaired) electrons. The van der Waals surface area contributed by atoms with Crippen LogP contribution in [-0.4, -0.2) is 57.5 Å². The van der Waals surface area contributed by atoms with Gasteiger partial charge in [-0.1, -0.05) is 43.0 Å². The summed E-state index contributed by atoms with van der Waals surface area (Å²) in [6.07, 6.45) is 7.53. The van der Waals surface area contributed by atoms with Crippen molar-refractivity contribution in [2.75, 3.05) is 31.1 Å². The van der Waals surface area contributed by atoms with E-state index >= 15 is 0 Å². The summed E-state index contributed by atoms with van der Waals surface area (Å²) in [6.45, 7) is 2.87. The van der Waals surface area contributed by atoms with Crippen molar-refractivity contribution in [1.29, 1.82) is 0 Å². The third kappa shape index (κ3) is 4.32. The molecular formula is C22H25ClN6OS. The van der Waals surface area contributed by atoms with Crippen LogP contribution >= 0.6 is 23.1 Å². The Morgan fingerprint density at radius 2 is 1.77 bits per heavy atom. The monoisotopic (exact) mass is 456 g/mol. The molecule has 3 heterocycles. The second kappa shape index (κ2) is 8.96. The number of benzene rings is 1. The van der Waals surface area contributed by atoms with E-state index in [0.29, 0.717) is 24.2 Å². The van der Waals surface area contributed by atoms with Gasteiger partial charge in [-0.15, -0.1) is 0 Å². The normalized spacial score (nSPS) is 17.8.